The highest BCUT2D eigenvalue weighted by atomic mass is 15.0. The van der Waals surface area contributed by atoms with E-state index in [1.165, 1.54) is 30.2 Å². The van der Waals surface area contributed by atoms with Crippen LogP contribution in [0, 0.1) is 0 Å². The van der Waals surface area contributed by atoms with E-state index >= 15 is 0 Å². The lowest BCUT2D eigenvalue weighted by Gasteiger charge is -2.20. The Morgan fingerprint density at radius 1 is 1.31 bits per heavy atom. The van der Waals surface area contributed by atoms with Gasteiger partial charge in [-0.15, -0.1) is 0 Å². The topological polar surface area (TPSA) is 4.93 Å². The first-order chi connectivity index (χ1) is 7.83. The second-order valence-corrected chi connectivity index (χ2v) is 4.92. The molecule has 1 aromatic heterocycles. The van der Waals surface area contributed by atoms with Crippen LogP contribution < -0.4 is 0 Å². The molecule has 1 unspecified atom stereocenters. The lowest BCUT2D eigenvalue weighted by molar-refractivity contribution is 0.564. The van der Waals surface area contributed by atoms with E-state index in [-0.39, 0.29) is 0 Å². The summed E-state index contributed by atoms with van der Waals surface area (Å²) >= 11 is 0. The van der Waals surface area contributed by atoms with Gasteiger partial charge in [-0.05, 0) is 43.7 Å². The minimum absolute atomic E-state index is 0.737. The summed E-state index contributed by atoms with van der Waals surface area (Å²) in [4.78, 5) is 0. The summed E-state index contributed by atoms with van der Waals surface area (Å²) in [6.07, 6.45) is 3.97. The number of nitrogens with zero attached hydrogens (tertiary/aromatic N) is 1. The van der Waals surface area contributed by atoms with Crippen molar-refractivity contribution >= 4 is 10.9 Å². The van der Waals surface area contributed by atoms with Crippen molar-refractivity contribution in [3.8, 4) is 0 Å². The van der Waals surface area contributed by atoms with Crippen LogP contribution in [0.2, 0.25) is 0 Å². The lowest BCUT2D eigenvalue weighted by atomic mass is 9.86. The predicted octanol–water partition coefficient (Wildman–Crippen LogP) is 4.10. The van der Waals surface area contributed by atoms with Crippen molar-refractivity contribution in [3.63, 3.8) is 0 Å². The number of rotatable bonds is 1. The largest absolute Gasteiger partial charge is 0.345 e. The van der Waals surface area contributed by atoms with Crippen molar-refractivity contribution in [1.82, 2.24) is 4.57 Å². The number of hydrogen-bond acceptors (Lipinski definition) is 0. The van der Waals surface area contributed by atoms with Crippen molar-refractivity contribution in [2.24, 2.45) is 0 Å². The van der Waals surface area contributed by atoms with E-state index in [0.717, 1.165) is 12.5 Å². The molecule has 16 heavy (non-hydrogen) atoms. The molecule has 0 amide bonds. The SMILES string of the molecule is CCn1c2c(c3ccccc31)C(C)CCC2. The predicted molar refractivity (Wildman–Crippen MR) is 69.0 cm³/mol. The van der Waals surface area contributed by atoms with Gasteiger partial charge < -0.3 is 4.57 Å². The summed E-state index contributed by atoms with van der Waals surface area (Å²) in [6.45, 7) is 5.74. The molecule has 1 aromatic carbocycles. The number of fused-ring (bicyclic) bond motifs is 3. The molecule has 0 spiro atoms. The second-order valence-electron chi connectivity index (χ2n) is 4.92. The van der Waals surface area contributed by atoms with E-state index in [2.05, 4.69) is 42.7 Å². The van der Waals surface area contributed by atoms with E-state index in [0.29, 0.717) is 0 Å². The summed E-state index contributed by atoms with van der Waals surface area (Å²) in [5.74, 6) is 0.737. The van der Waals surface area contributed by atoms with Crippen LogP contribution in [-0.4, -0.2) is 4.57 Å². The maximum atomic E-state index is 2.51. The molecular weight excluding hydrogens is 194 g/mol. The Kier molecular flexibility index (Phi) is 2.27. The molecule has 0 N–H and O–H groups in total. The van der Waals surface area contributed by atoms with Crippen molar-refractivity contribution in [3.05, 3.63) is 35.5 Å². The van der Waals surface area contributed by atoms with E-state index in [1.807, 2.05) is 0 Å². The third-order valence-electron chi connectivity index (χ3n) is 3.98. The Hall–Kier alpha value is -1.24. The summed E-state index contributed by atoms with van der Waals surface area (Å²) < 4.78 is 2.51. The van der Waals surface area contributed by atoms with Crippen LogP contribution in [0.5, 0.6) is 0 Å². The monoisotopic (exact) mass is 213 g/mol. The molecule has 0 aliphatic heterocycles. The smallest absolute Gasteiger partial charge is 0.0485 e. The molecule has 3 rings (SSSR count). The van der Waals surface area contributed by atoms with Gasteiger partial charge in [-0.3, -0.25) is 0 Å². The first-order valence-corrected chi connectivity index (χ1v) is 6.43. The van der Waals surface area contributed by atoms with E-state index in [9.17, 15) is 0 Å². The van der Waals surface area contributed by atoms with Gasteiger partial charge in [-0.2, -0.15) is 0 Å². The Bertz CT molecular complexity index is 521. The summed E-state index contributed by atoms with van der Waals surface area (Å²) in [7, 11) is 0. The second kappa shape index (κ2) is 3.65. The van der Waals surface area contributed by atoms with Gasteiger partial charge in [-0.25, -0.2) is 0 Å². The molecule has 0 radical (unpaired) electrons. The minimum Gasteiger partial charge on any atom is -0.345 e. The Balaban J connectivity index is 2.38. The first-order valence-electron chi connectivity index (χ1n) is 6.43. The zero-order valence-corrected chi connectivity index (χ0v) is 10.2. The van der Waals surface area contributed by atoms with Crippen molar-refractivity contribution in [2.75, 3.05) is 0 Å². The normalized spacial score (nSPS) is 20.0. The van der Waals surface area contributed by atoms with Gasteiger partial charge in [-0.1, -0.05) is 25.1 Å². The average Bonchev–Trinajstić information content (AvgIpc) is 2.64. The number of aryl methyl sites for hydroxylation is 1. The maximum Gasteiger partial charge on any atom is 0.0485 e. The molecule has 1 nitrogen and oxygen atoms in total. The number of hydrogen-bond donors (Lipinski definition) is 0. The molecule has 1 atom stereocenters. The van der Waals surface area contributed by atoms with E-state index in [1.54, 1.807) is 11.3 Å². The molecule has 1 heterocycles. The average molecular weight is 213 g/mol. The zero-order chi connectivity index (χ0) is 11.1. The third kappa shape index (κ3) is 1.24. The van der Waals surface area contributed by atoms with Crippen molar-refractivity contribution in [2.45, 2.75) is 45.6 Å². The van der Waals surface area contributed by atoms with Crippen molar-refractivity contribution in [1.29, 1.82) is 0 Å². The van der Waals surface area contributed by atoms with E-state index < -0.39 is 0 Å². The summed E-state index contributed by atoms with van der Waals surface area (Å²) in [5, 5.41) is 1.49. The first kappa shape index (κ1) is 9.95. The van der Waals surface area contributed by atoms with Crippen LogP contribution >= 0.6 is 0 Å². The van der Waals surface area contributed by atoms with Gasteiger partial charge in [0, 0.05) is 23.1 Å². The Labute approximate surface area is 97.1 Å². The Morgan fingerprint density at radius 2 is 2.12 bits per heavy atom. The highest BCUT2D eigenvalue weighted by Gasteiger charge is 2.23. The quantitative estimate of drug-likeness (QED) is 0.672. The summed E-state index contributed by atoms with van der Waals surface area (Å²) in [5.41, 5.74) is 4.66. The van der Waals surface area contributed by atoms with Crippen LogP contribution in [-0.2, 0) is 13.0 Å². The number of aromatic nitrogens is 1. The molecule has 0 bridgehead atoms. The van der Waals surface area contributed by atoms with Gasteiger partial charge >= 0.3 is 0 Å². The van der Waals surface area contributed by atoms with Gasteiger partial charge in [0.25, 0.3) is 0 Å². The van der Waals surface area contributed by atoms with Crippen LogP contribution in [0.4, 0.5) is 0 Å². The molecule has 1 aliphatic carbocycles. The van der Waals surface area contributed by atoms with Crippen LogP contribution in [0.25, 0.3) is 10.9 Å². The molecule has 2 aromatic rings. The number of para-hydroxylation sites is 1. The van der Waals surface area contributed by atoms with Gasteiger partial charge in [0.05, 0.1) is 0 Å². The fourth-order valence-corrected chi connectivity index (χ4v) is 3.28. The lowest BCUT2D eigenvalue weighted by Crippen LogP contribution is -2.09. The molecule has 1 heteroatoms. The minimum atomic E-state index is 0.737. The van der Waals surface area contributed by atoms with Gasteiger partial charge in [0.1, 0.15) is 0 Å². The van der Waals surface area contributed by atoms with Crippen molar-refractivity contribution < 1.29 is 0 Å². The van der Waals surface area contributed by atoms with Crippen LogP contribution in [0.15, 0.2) is 24.3 Å². The standard InChI is InChI=1S/C15H19N/c1-3-16-13-9-5-4-8-12(13)15-11(2)7-6-10-14(15)16/h4-5,8-9,11H,3,6-7,10H2,1-2H3. The van der Waals surface area contributed by atoms with E-state index in [4.69, 9.17) is 0 Å². The number of benzene rings is 1. The highest BCUT2D eigenvalue weighted by molar-refractivity contribution is 5.86. The molecule has 0 saturated carbocycles. The van der Waals surface area contributed by atoms with Crippen LogP contribution in [0.1, 0.15) is 43.9 Å². The van der Waals surface area contributed by atoms with Crippen LogP contribution in [0.3, 0.4) is 0 Å². The van der Waals surface area contributed by atoms with Gasteiger partial charge in [0.2, 0.25) is 0 Å². The molecule has 0 saturated heterocycles. The molecular formula is C15H19N. The Morgan fingerprint density at radius 3 is 2.94 bits per heavy atom. The fourth-order valence-electron chi connectivity index (χ4n) is 3.28. The van der Waals surface area contributed by atoms with Gasteiger partial charge in [0.15, 0.2) is 0 Å². The summed E-state index contributed by atoms with van der Waals surface area (Å²) in [6, 6.07) is 8.89. The zero-order valence-electron chi connectivity index (χ0n) is 10.2. The molecule has 1 aliphatic rings. The highest BCUT2D eigenvalue weighted by Crippen LogP contribution is 2.38. The third-order valence-corrected chi connectivity index (χ3v) is 3.98. The maximum absolute atomic E-state index is 2.51. The molecule has 0 fully saturated rings. The molecule has 84 valence electrons. The fraction of sp³-hybridized carbons (Fsp3) is 0.467.